The second kappa shape index (κ2) is 5.48. The molecule has 6 heteroatoms. The zero-order chi connectivity index (χ0) is 13.1. The lowest BCUT2D eigenvalue weighted by Crippen LogP contribution is -2.41. The second-order valence-corrected chi connectivity index (χ2v) is 4.92. The Balaban J connectivity index is 2.08. The molecule has 2 aliphatic rings. The molecule has 1 aliphatic carbocycles. The number of hydrogen-bond acceptors (Lipinski definition) is 4. The summed E-state index contributed by atoms with van der Waals surface area (Å²) in [6, 6.07) is -0.286. The fourth-order valence-electron chi connectivity index (χ4n) is 2.58. The van der Waals surface area contributed by atoms with Gasteiger partial charge in [0, 0.05) is 0 Å². The predicted octanol–water partition coefficient (Wildman–Crippen LogP) is 0.743. The summed E-state index contributed by atoms with van der Waals surface area (Å²) in [5.74, 6) is -1.18. The van der Waals surface area contributed by atoms with Gasteiger partial charge in [-0.1, -0.05) is 19.3 Å². The molecule has 1 saturated carbocycles. The standard InChI is InChI=1S/C12H18N2O4/c15-10-5-3-1-2-4-9(10)14-11(16)6-8(13-14)7-12(17)18/h9-10,15H,1-7H2,(H,17,18). The average Bonchev–Trinajstić information content (AvgIpc) is 2.50. The number of carboxylic acids is 1. The maximum atomic E-state index is 11.8. The Morgan fingerprint density at radius 1 is 1.33 bits per heavy atom. The van der Waals surface area contributed by atoms with Gasteiger partial charge in [-0.05, 0) is 12.8 Å². The van der Waals surface area contributed by atoms with Crippen molar-refractivity contribution in [2.75, 3.05) is 0 Å². The number of amides is 1. The summed E-state index contributed by atoms with van der Waals surface area (Å²) in [5, 5.41) is 24.1. The summed E-state index contributed by atoms with van der Waals surface area (Å²) >= 11 is 0. The fourth-order valence-corrected chi connectivity index (χ4v) is 2.58. The van der Waals surface area contributed by atoms with E-state index in [0.717, 1.165) is 25.7 Å². The largest absolute Gasteiger partial charge is 0.481 e. The predicted molar refractivity (Wildman–Crippen MR) is 64.0 cm³/mol. The van der Waals surface area contributed by atoms with E-state index in [9.17, 15) is 14.7 Å². The topological polar surface area (TPSA) is 90.2 Å². The van der Waals surface area contributed by atoms with Gasteiger partial charge in [0.05, 0.1) is 30.7 Å². The van der Waals surface area contributed by atoms with E-state index in [1.165, 1.54) is 5.01 Å². The van der Waals surface area contributed by atoms with Crippen LogP contribution in [0.4, 0.5) is 0 Å². The minimum Gasteiger partial charge on any atom is -0.481 e. The van der Waals surface area contributed by atoms with E-state index in [4.69, 9.17) is 5.11 Å². The Hall–Kier alpha value is -1.43. The van der Waals surface area contributed by atoms with Gasteiger partial charge < -0.3 is 10.2 Å². The maximum absolute atomic E-state index is 11.8. The zero-order valence-corrected chi connectivity index (χ0v) is 10.2. The Morgan fingerprint density at radius 2 is 2.06 bits per heavy atom. The van der Waals surface area contributed by atoms with Crippen LogP contribution in [-0.2, 0) is 9.59 Å². The van der Waals surface area contributed by atoms with Crippen molar-refractivity contribution >= 4 is 17.6 Å². The number of carbonyl (C=O) groups excluding carboxylic acids is 1. The molecule has 2 atom stereocenters. The number of carbonyl (C=O) groups is 2. The van der Waals surface area contributed by atoms with Gasteiger partial charge in [0.15, 0.2) is 0 Å². The SMILES string of the molecule is O=C(O)CC1=NN(C2CCCCCC2O)C(=O)C1. The van der Waals surface area contributed by atoms with Gasteiger partial charge in [-0.2, -0.15) is 5.10 Å². The van der Waals surface area contributed by atoms with E-state index < -0.39 is 12.1 Å². The molecule has 1 aliphatic heterocycles. The van der Waals surface area contributed by atoms with Crippen LogP contribution in [-0.4, -0.2) is 45.0 Å². The third-order valence-corrected chi connectivity index (χ3v) is 3.47. The van der Waals surface area contributed by atoms with Crippen molar-refractivity contribution in [2.45, 2.75) is 57.1 Å². The molecule has 0 bridgehead atoms. The van der Waals surface area contributed by atoms with Crippen molar-refractivity contribution in [1.82, 2.24) is 5.01 Å². The smallest absolute Gasteiger partial charge is 0.309 e. The molecular formula is C12H18N2O4. The average molecular weight is 254 g/mol. The molecule has 1 fully saturated rings. The monoisotopic (exact) mass is 254 g/mol. The normalized spacial score (nSPS) is 29.1. The molecule has 0 spiro atoms. The third-order valence-electron chi connectivity index (χ3n) is 3.47. The van der Waals surface area contributed by atoms with E-state index in [2.05, 4.69) is 5.10 Å². The Morgan fingerprint density at radius 3 is 2.78 bits per heavy atom. The first-order chi connectivity index (χ1) is 8.58. The van der Waals surface area contributed by atoms with E-state index in [1.807, 2.05) is 0 Å². The van der Waals surface area contributed by atoms with E-state index in [1.54, 1.807) is 0 Å². The summed E-state index contributed by atoms with van der Waals surface area (Å²) in [7, 11) is 0. The van der Waals surface area contributed by atoms with Gasteiger partial charge in [0.2, 0.25) is 5.91 Å². The van der Waals surface area contributed by atoms with Crippen LogP contribution in [0, 0.1) is 0 Å². The van der Waals surface area contributed by atoms with Crippen molar-refractivity contribution in [3.8, 4) is 0 Å². The highest BCUT2D eigenvalue weighted by Gasteiger charge is 2.35. The second-order valence-electron chi connectivity index (χ2n) is 4.92. The highest BCUT2D eigenvalue weighted by atomic mass is 16.4. The quantitative estimate of drug-likeness (QED) is 0.727. The van der Waals surface area contributed by atoms with Crippen LogP contribution in [0.2, 0.25) is 0 Å². The highest BCUT2D eigenvalue weighted by Crippen LogP contribution is 2.26. The number of nitrogens with zero attached hydrogens (tertiary/aromatic N) is 2. The van der Waals surface area contributed by atoms with Crippen LogP contribution in [0.5, 0.6) is 0 Å². The molecule has 0 saturated heterocycles. The van der Waals surface area contributed by atoms with Crippen LogP contribution in [0.3, 0.4) is 0 Å². The molecule has 100 valence electrons. The molecule has 0 aromatic heterocycles. The van der Waals surface area contributed by atoms with Gasteiger partial charge in [-0.15, -0.1) is 0 Å². The minimum atomic E-state index is -0.982. The summed E-state index contributed by atoms with van der Waals surface area (Å²) in [6.45, 7) is 0. The Bertz CT molecular complexity index is 380. The van der Waals surface area contributed by atoms with Crippen LogP contribution >= 0.6 is 0 Å². The van der Waals surface area contributed by atoms with Gasteiger partial charge in [0.1, 0.15) is 0 Å². The molecule has 1 amide bonds. The number of hydrogen-bond donors (Lipinski definition) is 2. The van der Waals surface area contributed by atoms with Crippen molar-refractivity contribution in [2.24, 2.45) is 5.10 Å². The number of hydrazone groups is 1. The first kappa shape index (κ1) is 13.0. The van der Waals surface area contributed by atoms with Crippen LogP contribution < -0.4 is 0 Å². The molecular weight excluding hydrogens is 236 g/mol. The van der Waals surface area contributed by atoms with Gasteiger partial charge in [-0.25, -0.2) is 5.01 Å². The van der Waals surface area contributed by atoms with Gasteiger partial charge in [-0.3, -0.25) is 9.59 Å². The number of carboxylic acid groups (broad SMARTS) is 1. The lowest BCUT2D eigenvalue weighted by molar-refractivity contribution is -0.135. The van der Waals surface area contributed by atoms with Crippen molar-refractivity contribution in [3.63, 3.8) is 0 Å². The Kier molecular flexibility index (Phi) is 3.96. The Labute approximate surface area is 105 Å². The lowest BCUT2D eigenvalue weighted by Gasteiger charge is -2.27. The van der Waals surface area contributed by atoms with E-state index in [0.29, 0.717) is 12.1 Å². The number of rotatable bonds is 3. The molecule has 6 nitrogen and oxygen atoms in total. The minimum absolute atomic E-state index is 0.0650. The summed E-state index contributed by atoms with van der Waals surface area (Å²) in [4.78, 5) is 22.4. The lowest BCUT2D eigenvalue weighted by atomic mass is 10.1. The summed E-state index contributed by atoms with van der Waals surface area (Å²) < 4.78 is 0. The van der Waals surface area contributed by atoms with Crippen LogP contribution in [0.15, 0.2) is 5.10 Å². The van der Waals surface area contributed by atoms with Gasteiger partial charge in [0.25, 0.3) is 0 Å². The van der Waals surface area contributed by atoms with Crippen molar-refractivity contribution < 1.29 is 19.8 Å². The molecule has 2 N–H and O–H groups in total. The maximum Gasteiger partial charge on any atom is 0.309 e. The number of aliphatic hydroxyl groups excluding tert-OH is 1. The zero-order valence-electron chi connectivity index (χ0n) is 10.2. The van der Waals surface area contributed by atoms with Crippen LogP contribution in [0.1, 0.15) is 44.9 Å². The summed E-state index contributed by atoms with van der Waals surface area (Å²) in [6.07, 6.45) is 3.71. The van der Waals surface area contributed by atoms with Crippen LogP contribution in [0.25, 0.3) is 0 Å². The fraction of sp³-hybridized carbons (Fsp3) is 0.750. The molecule has 0 aromatic carbocycles. The number of aliphatic hydroxyl groups is 1. The van der Waals surface area contributed by atoms with Crippen molar-refractivity contribution in [3.05, 3.63) is 0 Å². The van der Waals surface area contributed by atoms with E-state index in [-0.39, 0.29) is 24.8 Å². The summed E-state index contributed by atoms with van der Waals surface area (Å²) in [5.41, 5.74) is 0.379. The first-order valence-electron chi connectivity index (χ1n) is 6.36. The molecule has 2 rings (SSSR count). The highest BCUT2D eigenvalue weighted by molar-refractivity contribution is 6.10. The molecule has 1 heterocycles. The third kappa shape index (κ3) is 2.87. The molecule has 0 radical (unpaired) electrons. The molecule has 18 heavy (non-hydrogen) atoms. The molecule has 0 aromatic rings. The number of aliphatic carboxylic acids is 1. The van der Waals surface area contributed by atoms with E-state index >= 15 is 0 Å². The van der Waals surface area contributed by atoms with Gasteiger partial charge >= 0.3 is 5.97 Å². The van der Waals surface area contributed by atoms with Crippen molar-refractivity contribution in [1.29, 1.82) is 0 Å². The first-order valence-corrected chi connectivity index (χ1v) is 6.36. The molecule has 2 unspecified atom stereocenters.